The Bertz CT molecular complexity index is 2720. The van der Waals surface area contributed by atoms with E-state index in [-0.39, 0.29) is 0 Å². The van der Waals surface area contributed by atoms with Crippen LogP contribution in [0, 0.1) is 0 Å². The molecule has 0 saturated carbocycles. The maximum Gasteiger partial charge on any atom is 0.248 e. The zero-order valence-electron chi connectivity index (χ0n) is 33.0. The van der Waals surface area contributed by atoms with E-state index >= 15 is 0 Å². The highest BCUT2D eigenvalue weighted by atomic mass is 16.5. The Balaban J connectivity index is 0.893. The second-order valence-corrected chi connectivity index (χ2v) is 13.9. The minimum absolute atomic E-state index is 0.471. The smallest absolute Gasteiger partial charge is 0.248 e. The van der Waals surface area contributed by atoms with Gasteiger partial charge in [0.05, 0.1) is 13.2 Å². The molecular formula is C50H41N5O4. The molecule has 0 radical (unpaired) electrons. The lowest BCUT2D eigenvalue weighted by Crippen LogP contribution is -1.92. The van der Waals surface area contributed by atoms with Crippen molar-refractivity contribution in [1.29, 1.82) is 0 Å². The highest BCUT2D eigenvalue weighted by Crippen LogP contribution is 2.33. The molecule has 3 aromatic heterocycles. The standard InChI is InChI=1S/C50H41N5O4/c1-4-55-45-29-15-35(9-7-33-11-17-37(18-12-33)47-51-53-49(58-47)39-21-25-41(26-22-39)56-5-2)31-43(45)44-32-36(16-30-46(44)55)10-8-34-13-19-38(20-14-34)48-52-54-50(59-48)40-23-27-42(28-24-40)57-6-3/h7-32H,4-6H2,1-3H3/b9-7+,10-8+. The van der Waals surface area contributed by atoms with Gasteiger partial charge in [-0.15, -0.1) is 20.4 Å². The van der Waals surface area contributed by atoms with Gasteiger partial charge in [0.15, 0.2) is 0 Å². The van der Waals surface area contributed by atoms with Crippen LogP contribution in [0.2, 0.25) is 0 Å². The minimum Gasteiger partial charge on any atom is -0.494 e. The maximum absolute atomic E-state index is 6.00. The predicted molar refractivity (Wildman–Crippen MR) is 236 cm³/mol. The predicted octanol–water partition coefficient (Wildman–Crippen LogP) is 12.4. The molecule has 0 aliphatic heterocycles. The van der Waals surface area contributed by atoms with Gasteiger partial charge in [-0.25, -0.2) is 0 Å². The number of fused-ring (bicyclic) bond motifs is 3. The topological polar surface area (TPSA) is 101 Å². The van der Waals surface area contributed by atoms with Gasteiger partial charge in [-0.3, -0.25) is 0 Å². The average molecular weight is 776 g/mol. The number of aromatic nitrogens is 5. The van der Waals surface area contributed by atoms with Gasteiger partial charge < -0.3 is 22.9 Å². The van der Waals surface area contributed by atoms with Crippen LogP contribution in [0.1, 0.15) is 43.0 Å². The Labute approximate surface area is 341 Å². The third-order valence-electron chi connectivity index (χ3n) is 10.2. The highest BCUT2D eigenvalue weighted by Gasteiger charge is 2.14. The van der Waals surface area contributed by atoms with Gasteiger partial charge in [-0.2, -0.15) is 0 Å². The zero-order chi connectivity index (χ0) is 40.1. The Kier molecular flexibility index (Phi) is 10.4. The van der Waals surface area contributed by atoms with Gasteiger partial charge in [0.1, 0.15) is 11.5 Å². The fourth-order valence-corrected chi connectivity index (χ4v) is 7.18. The monoisotopic (exact) mass is 775 g/mol. The summed E-state index contributed by atoms with van der Waals surface area (Å²) >= 11 is 0. The lowest BCUT2D eigenvalue weighted by atomic mass is 10.0. The van der Waals surface area contributed by atoms with E-state index in [1.807, 2.05) is 86.6 Å². The van der Waals surface area contributed by atoms with Gasteiger partial charge in [0, 0.05) is 50.6 Å². The van der Waals surface area contributed by atoms with Crippen molar-refractivity contribution < 1.29 is 18.3 Å². The Hall–Kier alpha value is -7.52. The number of rotatable bonds is 13. The molecule has 0 atom stereocenters. The molecule has 290 valence electrons. The van der Waals surface area contributed by atoms with Crippen LogP contribution < -0.4 is 9.47 Å². The molecular weight excluding hydrogens is 735 g/mol. The fourth-order valence-electron chi connectivity index (χ4n) is 7.18. The molecule has 0 fully saturated rings. The van der Waals surface area contributed by atoms with Crippen LogP contribution in [0.25, 0.3) is 91.9 Å². The van der Waals surface area contributed by atoms with E-state index in [0.717, 1.165) is 62.6 Å². The third kappa shape index (κ3) is 7.91. The molecule has 3 heterocycles. The number of nitrogens with zero attached hydrogens (tertiary/aromatic N) is 5. The van der Waals surface area contributed by atoms with E-state index in [2.05, 4.69) is 117 Å². The van der Waals surface area contributed by atoms with Gasteiger partial charge in [0.2, 0.25) is 23.6 Å². The summed E-state index contributed by atoms with van der Waals surface area (Å²) in [4.78, 5) is 0. The lowest BCUT2D eigenvalue weighted by Gasteiger charge is -2.03. The molecule has 0 spiro atoms. The molecule has 0 saturated heterocycles. The van der Waals surface area contributed by atoms with Crippen molar-refractivity contribution in [2.75, 3.05) is 13.2 Å². The van der Waals surface area contributed by atoms with Crippen LogP contribution in [-0.2, 0) is 6.54 Å². The van der Waals surface area contributed by atoms with Crippen molar-refractivity contribution in [2.45, 2.75) is 27.3 Å². The molecule has 0 amide bonds. The van der Waals surface area contributed by atoms with Crippen LogP contribution in [0.4, 0.5) is 0 Å². The molecule has 0 N–H and O–H groups in total. The first kappa shape index (κ1) is 37.1. The fraction of sp³-hybridized carbons (Fsp3) is 0.120. The normalized spacial score (nSPS) is 11.7. The van der Waals surface area contributed by atoms with Crippen LogP contribution in [0.15, 0.2) is 142 Å². The number of benzene rings is 6. The first-order chi connectivity index (χ1) is 29.0. The summed E-state index contributed by atoms with van der Waals surface area (Å²) in [6, 6.07) is 44.9. The molecule has 9 nitrogen and oxygen atoms in total. The molecule has 59 heavy (non-hydrogen) atoms. The van der Waals surface area contributed by atoms with E-state index in [9.17, 15) is 0 Å². The Morgan fingerprint density at radius 1 is 0.424 bits per heavy atom. The van der Waals surface area contributed by atoms with Crippen molar-refractivity contribution in [3.63, 3.8) is 0 Å². The van der Waals surface area contributed by atoms with Crippen LogP contribution in [0.5, 0.6) is 11.5 Å². The number of aryl methyl sites for hydroxylation is 1. The number of ether oxygens (including phenoxy) is 2. The molecule has 0 bridgehead atoms. The molecule has 9 rings (SSSR count). The van der Waals surface area contributed by atoms with Crippen molar-refractivity contribution in [1.82, 2.24) is 25.0 Å². The largest absolute Gasteiger partial charge is 0.494 e. The van der Waals surface area contributed by atoms with Crippen molar-refractivity contribution in [2.24, 2.45) is 0 Å². The van der Waals surface area contributed by atoms with E-state index < -0.39 is 0 Å². The average Bonchev–Trinajstić information content (AvgIpc) is 4.05. The summed E-state index contributed by atoms with van der Waals surface area (Å²) in [6.45, 7) is 8.24. The van der Waals surface area contributed by atoms with E-state index in [4.69, 9.17) is 18.3 Å². The van der Waals surface area contributed by atoms with Crippen LogP contribution in [-0.4, -0.2) is 38.2 Å². The maximum atomic E-state index is 6.00. The Morgan fingerprint density at radius 2 is 0.746 bits per heavy atom. The molecule has 0 aliphatic rings. The van der Waals surface area contributed by atoms with Crippen LogP contribution >= 0.6 is 0 Å². The quantitative estimate of drug-likeness (QED) is 0.107. The Morgan fingerprint density at radius 3 is 1.08 bits per heavy atom. The highest BCUT2D eigenvalue weighted by molar-refractivity contribution is 6.09. The second-order valence-electron chi connectivity index (χ2n) is 13.9. The number of hydrogen-bond donors (Lipinski definition) is 0. The van der Waals surface area contributed by atoms with Gasteiger partial charge >= 0.3 is 0 Å². The minimum atomic E-state index is 0.471. The first-order valence-corrected chi connectivity index (χ1v) is 19.8. The van der Waals surface area contributed by atoms with Gasteiger partial charge in [0.25, 0.3) is 0 Å². The summed E-state index contributed by atoms with van der Waals surface area (Å²) in [5.74, 6) is 3.51. The summed E-state index contributed by atoms with van der Waals surface area (Å²) < 4.78 is 25.5. The van der Waals surface area contributed by atoms with E-state index in [1.54, 1.807) is 0 Å². The second kappa shape index (κ2) is 16.5. The summed E-state index contributed by atoms with van der Waals surface area (Å²) in [5.41, 5.74) is 10.3. The molecule has 9 heteroatoms. The van der Waals surface area contributed by atoms with Crippen molar-refractivity contribution in [3.8, 4) is 57.3 Å². The molecule has 9 aromatic rings. The first-order valence-electron chi connectivity index (χ1n) is 19.8. The lowest BCUT2D eigenvalue weighted by molar-refractivity contribution is 0.340. The van der Waals surface area contributed by atoms with E-state index in [0.29, 0.717) is 36.8 Å². The number of hydrogen-bond acceptors (Lipinski definition) is 8. The third-order valence-corrected chi connectivity index (χ3v) is 10.2. The van der Waals surface area contributed by atoms with Gasteiger partial charge in [-0.05, 0) is 140 Å². The van der Waals surface area contributed by atoms with Crippen molar-refractivity contribution in [3.05, 3.63) is 156 Å². The SMILES string of the molecule is CCOc1ccc(-c2nnc(-c3ccc(/C=C/c4ccc5c(c4)c4cc(/C=C/c6ccc(-c7nnc(-c8ccc(OCC)cc8)o7)cc6)ccc4n5CC)cc3)o2)cc1. The molecule has 6 aromatic carbocycles. The summed E-state index contributed by atoms with van der Waals surface area (Å²) in [6.07, 6.45) is 8.56. The summed E-state index contributed by atoms with van der Waals surface area (Å²) in [7, 11) is 0. The summed E-state index contributed by atoms with van der Waals surface area (Å²) in [5, 5.41) is 19.5. The zero-order valence-corrected chi connectivity index (χ0v) is 33.0. The van der Waals surface area contributed by atoms with Crippen molar-refractivity contribution >= 4 is 46.1 Å². The molecule has 0 unspecified atom stereocenters. The van der Waals surface area contributed by atoms with Gasteiger partial charge in [-0.1, -0.05) is 60.7 Å². The van der Waals surface area contributed by atoms with E-state index in [1.165, 1.54) is 21.8 Å². The molecule has 0 aliphatic carbocycles. The van der Waals surface area contributed by atoms with Crippen LogP contribution in [0.3, 0.4) is 0 Å².